The highest BCUT2D eigenvalue weighted by Gasteiger charge is 2.18. The van der Waals surface area contributed by atoms with Crippen molar-refractivity contribution in [3.8, 4) is 5.75 Å². The largest absolute Gasteiger partial charge is 0.494 e. The van der Waals surface area contributed by atoms with Gasteiger partial charge in [0, 0.05) is 12.6 Å². The standard InChI is InChI=1S/C16H25FN2O/c1-3-8-18-14-6-9-19(10-7-14)12-13-4-5-16(20-2)15(17)11-13/h4-5,11,14,18H,3,6-10,12H2,1-2H3. The van der Waals surface area contributed by atoms with Crippen LogP contribution in [0.1, 0.15) is 31.7 Å². The van der Waals surface area contributed by atoms with E-state index in [4.69, 9.17) is 4.74 Å². The van der Waals surface area contributed by atoms with Crippen molar-refractivity contribution >= 4 is 0 Å². The van der Waals surface area contributed by atoms with Crippen LogP contribution >= 0.6 is 0 Å². The van der Waals surface area contributed by atoms with E-state index in [0.29, 0.717) is 11.8 Å². The maximum atomic E-state index is 13.7. The predicted octanol–water partition coefficient (Wildman–Crippen LogP) is 2.80. The summed E-state index contributed by atoms with van der Waals surface area (Å²) in [4.78, 5) is 2.39. The molecule has 0 bridgehead atoms. The van der Waals surface area contributed by atoms with Gasteiger partial charge < -0.3 is 10.1 Å². The molecule has 0 radical (unpaired) electrons. The number of nitrogens with one attached hydrogen (secondary N) is 1. The Morgan fingerprint density at radius 1 is 1.35 bits per heavy atom. The van der Waals surface area contributed by atoms with Crippen molar-refractivity contribution in [1.82, 2.24) is 10.2 Å². The third-order valence-electron chi connectivity index (χ3n) is 3.89. The number of halogens is 1. The Morgan fingerprint density at radius 3 is 2.70 bits per heavy atom. The molecule has 112 valence electrons. The van der Waals surface area contributed by atoms with Crippen LogP contribution in [0.2, 0.25) is 0 Å². The molecule has 1 aromatic carbocycles. The van der Waals surface area contributed by atoms with Gasteiger partial charge in [0.25, 0.3) is 0 Å². The highest BCUT2D eigenvalue weighted by molar-refractivity contribution is 5.29. The Morgan fingerprint density at radius 2 is 2.10 bits per heavy atom. The Balaban J connectivity index is 1.82. The second kappa shape index (κ2) is 7.60. The van der Waals surface area contributed by atoms with Gasteiger partial charge in [-0.25, -0.2) is 4.39 Å². The number of piperidine rings is 1. The molecule has 0 saturated carbocycles. The summed E-state index contributed by atoms with van der Waals surface area (Å²) in [7, 11) is 1.49. The van der Waals surface area contributed by atoms with Crippen LogP contribution in [-0.4, -0.2) is 37.7 Å². The van der Waals surface area contributed by atoms with Gasteiger partial charge in [0.15, 0.2) is 11.6 Å². The van der Waals surface area contributed by atoms with Crippen molar-refractivity contribution < 1.29 is 9.13 Å². The second-order valence-electron chi connectivity index (χ2n) is 5.47. The van der Waals surface area contributed by atoms with Crippen LogP contribution in [0.3, 0.4) is 0 Å². The monoisotopic (exact) mass is 280 g/mol. The lowest BCUT2D eigenvalue weighted by molar-refractivity contribution is 0.190. The van der Waals surface area contributed by atoms with Crippen molar-refractivity contribution in [3.05, 3.63) is 29.6 Å². The van der Waals surface area contributed by atoms with Crippen molar-refractivity contribution in [2.75, 3.05) is 26.7 Å². The van der Waals surface area contributed by atoms with Crippen LogP contribution in [0.4, 0.5) is 4.39 Å². The summed E-state index contributed by atoms with van der Waals surface area (Å²) in [5.41, 5.74) is 1.02. The predicted molar refractivity (Wildman–Crippen MR) is 79.5 cm³/mol. The van der Waals surface area contributed by atoms with Crippen LogP contribution in [0, 0.1) is 5.82 Å². The highest BCUT2D eigenvalue weighted by Crippen LogP contribution is 2.20. The number of hydrogen-bond donors (Lipinski definition) is 1. The van der Waals surface area contributed by atoms with E-state index in [-0.39, 0.29) is 5.82 Å². The summed E-state index contributed by atoms with van der Waals surface area (Å²) in [5, 5.41) is 3.58. The Bertz CT molecular complexity index is 417. The highest BCUT2D eigenvalue weighted by atomic mass is 19.1. The molecule has 3 nitrogen and oxygen atoms in total. The lowest BCUT2D eigenvalue weighted by Crippen LogP contribution is -2.42. The molecule has 0 atom stereocenters. The minimum absolute atomic E-state index is 0.274. The van der Waals surface area contributed by atoms with Crippen LogP contribution < -0.4 is 10.1 Å². The smallest absolute Gasteiger partial charge is 0.165 e. The van der Waals surface area contributed by atoms with Crippen molar-refractivity contribution in [3.63, 3.8) is 0 Å². The Hall–Kier alpha value is -1.13. The number of ether oxygens (including phenoxy) is 1. The first-order valence-electron chi connectivity index (χ1n) is 7.51. The summed E-state index contributed by atoms with van der Waals surface area (Å²) in [6, 6.07) is 5.89. The summed E-state index contributed by atoms with van der Waals surface area (Å²) < 4.78 is 18.6. The van der Waals surface area contributed by atoms with Crippen molar-refractivity contribution in [2.24, 2.45) is 0 Å². The first kappa shape index (κ1) is 15.3. The molecule has 20 heavy (non-hydrogen) atoms. The molecule has 2 rings (SSSR count). The number of methoxy groups -OCH3 is 1. The average Bonchev–Trinajstić information content (AvgIpc) is 2.47. The number of nitrogens with zero attached hydrogens (tertiary/aromatic N) is 1. The van der Waals surface area contributed by atoms with Crippen LogP contribution in [-0.2, 0) is 6.54 Å². The molecule has 1 N–H and O–H groups in total. The van der Waals surface area contributed by atoms with Gasteiger partial charge in [-0.05, 0) is 56.6 Å². The molecule has 0 aliphatic carbocycles. The lowest BCUT2D eigenvalue weighted by atomic mass is 10.0. The van der Waals surface area contributed by atoms with Crippen LogP contribution in [0.15, 0.2) is 18.2 Å². The van der Waals surface area contributed by atoms with E-state index in [9.17, 15) is 4.39 Å². The van der Waals surface area contributed by atoms with E-state index < -0.39 is 0 Å². The molecule has 0 unspecified atom stereocenters. The summed E-state index contributed by atoms with van der Waals surface area (Å²) >= 11 is 0. The zero-order chi connectivity index (χ0) is 14.4. The minimum Gasteiger partial charge on any atom is -0.494 e. The van der Waals surface area contributed by atoms with Crippen molar-refractivity contribution in [2.45, 2.75) is 38.8 Å². The molecule has 1 aromatic rings. The van der Waals surface area contributed by atoms with E-state index in [2.05, 4.69) is 17.1 Å². The Labute approximate surface area is 121 Å². The maximum Gasteiger partial charge on any atom is 0.165 e. The van der Waals surface area contributed by atoms with E-state index in [1.165, 1.54) is 26.4 Å². The third kappa shape index (κ3) is 4.18. The van der Waals surface area contributed by atoms with Crippen LogP contribution in [0.25, 0.3) is 0 Å². The molecule has 1 fully saturated rings. The molecule has 1 aliphatic rings. The van der Waals surface area contributed by atoms with Gasteiger partial charge in [0.1, 0.15) is 0 Å². The third-order valence-corrected chi connectivity index (χ3v) is 3.89. The molecule has 1 saturated heterocycles. The second-order valence-corrected chi connectivity index (χ2v) is 5.47. The van der Waals surface area contributed by atoms with Gasteiger partial charge in [0.05, 0.1) is 7.11 Å². The zero-order valence-corrected chi connectivity index (χ0v) is 12.5. The molecular formula is C16H25FN2O. The fourth-order valence-corrected chi connectivity index (χ4v) is 2.71. The van der Waals surface area contributed by atoms with Gasteiger partial charge in [-0.1, -0.05) is 13.0 Å². The fourth-order valence-electron chi connectivity index (χ4n) is 2.71. The van der Waals surface area contributed by atoms with Crippen LogP contribution in [0.5, 0.6) is 5.75 Å². The van der Waals surface area contributed by atoms with E-state index in [1.54, 1.807) is 12.1 Å². The first-order valence-corrected chi connectivity index (χ1v) is 7.51. The summed E-state index contributed by atoms with van der Waals surface area (Å²) in [5.74, 6) is 0.0423. The minimum atomic E-state index is -0.274. The zero-order valence-electron chi connectivity index (χ0n) is 12.5. The molecule has 0 aromatic heterocycles. The van der Waals surface area contributed by atoms with E-state index >= 15 is 0 Å². The normalized spacial score (nSPS) is 17.4. The number of rotatable bonds is 6. The SMILES string of the molecule is CCCNC1CCN(Cc2ccc(OC)c(F)c2)CC1. The molecule has 0 amide bonds. The molecule has 1 aliphatic heterocycles. The lowest BCUT2D eigenvalue weighted by Gasteiger charge is -2.32. The molecule has 1 heterocycles. The van der Waals surface area contributed by atoms with Crippen molar-refractivity contribution in [1.29, 1.82) is 0 Å². The maximum absolute atomic E-state index is 13.7. The first-order chi connectivity index (χ1) is 9.72. The van der Waals surface area contributed by atoms with Gasteiger partial charge in [0.2, 0.25) is 0 Å². The number of hydrogen-bond acceptors (Lipinski definition) is 3. The summed E-state index contributed by atoms with van der Waals surface area (Å²) in [6.45, 7) is 6.28. The molecule has 4 heteroatoms. The summed E-state index contributed by atoms with van der Waals surface area (Å²) in [6.07, 6.45) is 3.54. The molecular weight excluding hydrogens is 255 g/mol. The van der Waals surface area contributed by atoms with Gasteiger partial charge in [-0.15, -0.1) is 0 Å². The van der Waals surface area contributed by atoms with E-state index in [1.807, 2.05) is 6.07 Å². The van der Waals surface area contributed by atoms with Gasteiger partial charge in [-0.2, -0.15) is 0 Å². The van der Waals surface area contributed by atoms with Gasteiger partial charge >= 0.3 is 0 Å². The fraction of sp³-hybridized carbons (Fsp3) is 0.625. The number of likely N-dealkylation sites (tertiary alicyclic amines) is 1. The molecule has 0 spiro atoms. The quantitative estimate of drug-likeness (QED) is 0.867. The van der Waals surface area contributed by atoms with Gasteiger partial charge in [-0.3, -0.25) is 4.90 Å². The Kier molecular flexibility index (Phi) is 5.80. The topological polar surface area (TPSA) is 24.5 Å². The average molecular weight is 280 g/mol. The van der Waals surface area contributed by atoms with E-state index in [0.717, 1.165) is 31.7 Å². The number of benzene rings is 1.